The van der Waals surface area contributed by atoms with Crippen molar-refractivity contribution >= 4 is 11.8 Å². The Balaban J connectivity index is 2.16. The molecule has 1 N–H and O–H groups in total. The van der Waals surface area contributed by atoms with E-state index in [9.17, 15) is 9.59 Å². The number of ether oxygens (including phenoxy) is 1. The molecule has 2 amide bonds. The SMILES string of the molecule is CC1(C)NC(=O)C(C(C)(C)C)N(CCC2CCCO2)C1=O. The molecule has 2 fully saturated rings. The lowest BCUT2D eigenvalue weighted by molar-refractivity contribution is -0.158. The number of rotatable bonds is 3. The molecule has 0 aromatic heterocycles. The molecule has 2 saturated heterocycles. The van der Waals surface area contributed by atoms with Crippen molar-refractivity contribution < 1.29 is 14.3 Å². The molecule has 2 heterocycles. The maximum absolute atomic E-state index is 12.7. The highest BCUT2D eigenvalue weighted by Gasteiger charge is 2.49. The van der Waals surface area contributed by atoms with Crippen molar-refractivity contribution in [2.24, 2.45) is 5.41 Å². The Bertz CT molecular complexity index is 420. The van der Waals surface area contributed by atoms with E-state index in [4.69, 9.17) is 4.74 Å². The molecule has 5 heteroatoms. The van der Waals surface area contributed by atoms with Crippen LogP contribution in [0, 0.1) is 5.41 Å². The van der Waals surface area contributed by atoms with E-state index >= 15 is 0 Å². The van der Waals surface area contributed by atoms with Gasteiger partial charge in [-0.1, -0.05) is 20.8 Å². The van der Waals surface area contributed by atoms with Gasteiger partial charge in [-0.3, -0.25) is 9.59 Å². The van der Waals surface area contributed by atoms with Crippen molar-refractivity contribution in [1.82, 2.24) is 10.2 Å². The van der Waals surface area contributed by atoms with Gasteiger partial charge in [-0.15, -0.1) is 0 Å². The van der Waals surface area contributed by atoms with Gasteiger partial charge in [0.25, 0.3) is 0 Å². The molecule has 2 rings (SSSR count). The summed E-state index contributed by atoms with van der Waals surface area (Å²) in [5.74, 6) is -0.0561. The Morgan fingerprint density at radius 1 is 1.33 bits per heavy atom. The largest absolute Gasteiger partial charge is 0.378 e. The van der Waals surface area contributed by atoms with E-state index in [1.54, 1.807) is 18.7 Å². The maximum atomic E-state index is 12.7. The van der Waals surface area contributed by atoms with Gasteiger partial charge >= 0.3 is 0 Å². The Labute approximate surface area is 127 Å². The molecule has 5 nitrogen and oxygen atoms in total. The zero-order chi connectivity index (χ0) is 15.8. The zero-order valence-electron chi connectivity index (χ0n) is 13.9. The van der Waals surface area contributed by atoms with Crippen LogP contribution in [0.3, 0.4) is 0 Å². The number of piperazine rings is 1. The van der Waals surface area contributed by atoms with Crippen LogP contribution < -0.4 is 5.32 Å². The maximum Gasteiger partial charge on any atom is 0.248 e. The van der Waals surface area contributed by atoms with Gasteiger partial charge in [-0.25, -0.2) is 0 Å². The number of carbonyl (C=O) groups is 2. The van der Waals surface area contributed by atoms with Crippen molar-refractivity contribution in [2.45, 2.75) is 71.6 Å². The summed E-state index contributed by atoms with van der Waals surface area (Å²) in [7, 11) is 0. The molecule has 21 heavy (non-hydrogen) atoms. The van der Waals surface area contributed by atoms with Crippen molar-refractivity contribution in [3.63, 3.8) is 0 Å². The van der Waals surface area contributed by atoms with Crippen LogP contribution in [0.1, 0.15) is 53.9 Å². The van der Waals surface area contributed by atoms with Crippen LogP contribution in [0.2, 0.25) is 0 Å². The third-order valence-corrected chi connectivity index (χ3v) is 4.33. The molecule has 2 aliphatic rings. The Morgan fingerprint density at radius 2 is 2.00 bits per heavy atom. The first-order valence-electron chi connectivity index (χ1n) is 7.87. The highest BCUT2D eigenvalue weighted by atomic mass is 16.5. The van der Waals surface area contributed by atoms with Gasteiger partial charge in [0.05, 0.1) is 6.10 Å². The topological polar surface area (TPSA) is 58.6 Å². The average molecular weight is 296 g/mol. The Hall–Kier alpha value is -1.10. The van der Waals surface area contributed by atoms with Gasteiger partial charge in [0.2, 0.25) is 11.8 Å². The molecule has 2 aliphatic heterocycles. The third kappa shape index (κ3) is 3.39. The summed E-state index contributed by atoms with van der Waals surface area (Å²) in [6.07, 6.45) is 3.18. The van der Waals surface area contributed by atoms with Gasteiger partial charge in [0, 0.05) is 13.2 Å². The molecule has 0 spiro atoms. The monoisotopic (exact) mass is 296 g/mol. The van der Waals surface area contributed by atoms with Crippen molar-refractivity contribution in [1.29, 1.82) is 0 Å². The molecule has 0 saturated carbocycles. The van der Waals surface area contributed by atoms with E-state index in [1.807, 2.05) is 20.8 Å². The van der Waals surface area contributed by atoms with Crippen LogP contribution >= 0.6 is 0 Å². The second kappa shape index (κ2) is 5.59. The number of carbonyl (C=O) groups excluding carboxylic acids is 2. The second-order valence-electron chi connectivity index (χ2n) is 7.81. The van der Waals surface area contributed by atoms with Crippen molar-refractivity contribution in [3.8, 4) is 0 Å². The number of hydrogen-bond acceptors (Lipinski definition) is 3. The summed E-state index contributed by atoms with van der Waals surface area (Å²) < 4.78 is 5.64. The van der Waals surface area contributed by atoms with E-state index in [0.29, 0.717) is 6.54 Å². The van der Waals surface area contributed by atoms with E-state index in [1.165, 1.54) is 0 Å². The number of amides is 2. The standard InChI is InChI=1S/C16H28N2O3/c1-15(2,3)12-13(19)17-16(4,5)14(20)18(12)9-8-11-7-6-10-21-11/h11-12H,6-10H2,1-5H3,(H,17,19). The van der Waals surface area contributed by atoms with E-state index in [-0.39, 0.29) is 23.3 Å². The Kier molecular flexibility index (Phi) is 4.34. The summed E-state index contributed by atoms with van der Waals surface area (Å²) in [4.78, 5) is 27.0. The zero-order valence-corrected chi connectivity index (χ0v) is 13.9. The van der Waals surface area contributed by atoms with Gasteiger partial charge in [-0.05, 0) is 38.5 Å². The van der Waals surface area contributed by atoms with Gasteiger partial charge < -0.3 is 15.0 Å². The molecule has 2 unspecified atom stereocenters. The highest BCUT2D eigenvalue weighted by Crippen LogP contribution is 2.31. The quantitative estimate of drug-likeness (QED) is 0.862. The highest BCUT2D eigenvalue weighted by molar-refractivity contribution is 5.99. The van der Waals surface area contributed by atoms with Crippen molar-refractivity contribution in [2.75, 3.05) is 13.2 Å². The van der Waals surface area contributed by atoms with Crippen LogP contribution in [-0.4, -0.2) is 47.6 Å². The van der Waals surface area contributed by atoms with E-state index in [2.05, 4.69) is 5.32 Å². The molecule has 0 aromatic rings. The Morgan fingerprint density at radius 3 is 2.52 bits per heavy atom. The fourth-order valence-corrected chi connectivity index (χ4v) is 3.29. The second-order valence-corrected chi connectivity index (χ2v) is 7.81. The fourth-order valence-electron chi connectivity index (χ4n) is 3.29. The number of nitrogens with zero attached hydrogens (tertiary/aromatic N) is 1. The van der Waals surface area contributed by atoms with E-state index < -0.39 is 11.6 Å². The minimum absolute atomic E-state index is 0.0000203. The summed E-state index contributed by atoms with van der Waals surface area (Å²) in [5, 5.41) is 2.86. The van der Waals surface area contributed by atoms with Gasteiger partial charge in [0.15, 0.2) is 0 Å². The summed E-state index contributed by atoms with van der Waals surface area (Å²) in [6, 6.07) is -0.417. The first kappa shape index (κ1) is 16.3. The predicted molar refractivity (Wildman–Crippen MR) is 80.8 cm³/mol. The molecular weight excluding hydrogens is 268 g/mol. The summed E-state index contributed by atoms with van der Waals surface area (Å²) in [6.45, 7) is 10.9. The lowest BCUT2D eigenvalue weighted by Gasteiger charge is -2.47. The lowest BCUT2D eigenvalue weighted by atomic mass is 9.81. The third-order valence-electron chi connectivity index (χ3n) is 4.33. The first-order valence-corrected chi connectivity index (χ1v) is 7.87. The van der Waals surface area contributed by atoms with Gasteiger partial charge in [0.1, 0.15) is 11.6 Å². The van der Waals surface area contributed by atoms with Crippen LogP contribution in [0.15, 0.2) is 0 Å². The summed E-state index contributed by atoms with van der Waals surface area (Å²) >= 11 is 0. The normalized spacial score (nSPS) is 29.7. The van der Waals surface area contributed by atoms with E-state index in [0.717, 1.165) is 25.9 Å². The number of nitrogens with one attached hydrogen (secondary N) is 1. The smallest absolute Gasteiger partial charge is 0.248 e. The molecule has 2 atom stereocenters. The molecular formula is C16H28N2O3. The predicted octanol–water partition coefficient (Wildman–Crippen LogP) is 1.71. The minimum atomic E-state index is -0.824. The number of hydrogen-bond donors (Lipinski definition) is 1. The van der Waals surface area contributed by atoms with Gasteiger partial charge in [-0.2, -0.15) is 0 Å². The van der Waals surface area contributed by atoms with Crippen LogP contribution in [-0.2, 0) is 14.3 Å². The van der Waals surface area contributed by atoms with Crippen LogP contribution in [0.5, 0.6) is 0 Å². The lowest BCUT2D eigenvalue weighted by Crippen LogP contribution is -2.70. The molecule has 0 aliphatic carbocycles. The van der Waals surface area contributed by atoms with Crippen LogP contribution in [0.4, 0.5) is 0 Å². The average Bonchev–Trinajstić information content (AvgIpc) is 2.82. The van der Waals surface area contributed by atoms with Crippen molar-refractivity contribution in [3.05, 3.63) is 0 Å². The molecule has 120 valence electrons. The first-order chi connectivity index (χ1) is 9.63. The minimum Gasteiger partial charge on any atom is -0.378 e. The fraction of sp³-hybridized carbons (Fsp3) is 0.875. The molecule has 0 radical (unpaired) electrons. The summed E-state index contributed by atoms with van der Waals surface area (Å²) in [5.41, 5.74) is -1.11. The molecule has 0 aromatic carbocycles. The molecule has 0 bridgehead atoms. The van der Waals surface area contributed by atoms with Crippen LogP contribution in [0.25, 0.3) is 0 Å².